The van der Waals surface area contributed by atoms with Crippen LogP contribution in [-0.4, -0.2) is 63.1 Å². The minimum atomic E-state index is -2.45. The molecule has 0 radical (unpaired) electrons. The van der Waals surface area contributed by atoms with E-state index in [0.29, 0.717) is 0 Å². The van der Waals surface area contributed by atoms with Crippen LogP contribution in [-0.2, 0) is 14.2 Å². The molecule has 5 N–H and O–H groups in total. The van der Waals surface area contributed by atoms with Gasteiger partial charge in [-0.1, -0.05) is 0 Å². The summed E-state index contributed by atoms with van der Waals surface area (Å²) in [7, 11) is -2.45. The molecule has 16 heavy (non-hydrogen) atoms. The van der Waals surface area contributed by atoms with E-state index in [-0.39, 0.29) is 18.9 Å². The number of Topliss-reactive ketones (excluding diaryl/α,β-unsaturated/α-hetero) is 2. The second kappa shape index (κ2) is 5.09. The number of aliphatic hydroxyl groups is 3. The topological polar surface area (TPSA) is 145 Å². The Kier molecular flexibility index (Phi) is 4.64. The first kappa shape index (κ1) is 14.6. The Morgan fingerprint density at radius 1 is 0.875 bits per heavy atom. The van der Waals surface area contributed by atoms with Crippen molar-refractivity contribution in [1.29, 1.82) is 0 Å². The molecule has 0 aromatic carbocycles. The Balaban J connectivity index is 0.00000225. The Labute approximate surface area is 101 Å². The zero-order valence-corrected chi connectivity index (χ0v) is 7.04. The zero-order valence-electron chi connectivity index (χ0n) is 7.04. The Bertz CT molecular complexity index is 397. The van der Waals surface area contributed by atoms with E-state index in [1.807, 2.05) is 0 Å². The second-order valence-corrected chi connectivity index (χ2v) is 2.48. The number of aliphatic hydroxyl groups excluding tert-OH is 3. The summed E-state index contributed by atoms with van der Waals surface area (Å²) in [5.74, 6) is -8.03. The molecule has 0 unspecified atom stereocenters. The van der Waals surface area contributed by atoms with Crippen LogP contribution in [0.2, 0.25) is 0 Å². The van der Waals surface area contributed by atoms with Crippen molar-refractivity contribution >= 4 is 37.7 Å². The normalized spacial score (nSPS) is 16.1. The summed E-state index contributed by atoms with van der Waals surface area (Å²) < 4.78 is 3.97. The van der Waals surface area contributed by atoms with Crippen molar-refractivity contribution in [3.63, 3.8) is 0 Å². The van der Waals surface area contributed by atoms with Crippen molar-refractivity contribution in [2.24, 2.45) is 0 Å². The van der Waals surface area contributed by atoms with Crippen LogP contribution in [0, 0.1) is 0 Å². The summed E-state index contributed by atoms with van der Waals surface area (Å²) in [6, 6.07) is 0. The fourth-order valence-electron chi connectivity index (χ4n) is 0.860. The zero-order chi connectivity index (χ0) is 11.7. The molecule has 0 atom stereocenters. The van der Waals surface area contributed by atoms with Gasteiger partial charge in [0, 0.05) is 0 Å². The summed E-state index contributed by atoms with van der Waals surface area (Å²) in [5, 5.41) is 43.4. The van der Waals surface area contributed by atoms with Crippen molar-refractivity contribution in [3.8, 4) is 0 Å². The van der Waals surface area contributed by atoms with E-state index in [1.165, 1.54) is 0 Å². The summed E-state index contributed by atoms with van der Waals surface area (Å²) in [5.41, 5.74) is 0. The molecule has 1 aliphatic rings. The van der Waals surface area contributed by atoms with Gasteiger partial charge in [0.2, 0.25) is 23.0 Å². The molecule has 0 heterocycles. The van der Waals surface area contributed by atoms with E-state index in [1.54, 1.807) is 0 Å². The van der Waals surface area contributed by atoms with E-state index in [9.17, 15) is 9.59 Å². The SMILES string of the molecule is O=C1C(O)=C(O)C(=O)C(OB(O)O)=C1O.[LiH]. The van der Waals surface area contributed by atoms with Gasteiger partial charge in [0.05, 0.1) is 0 Å². The molecule has 0 aromatic rings. The average molecular weight is 224 g/mol. The van der Waals surface area contributed by atoms with Crippen molar-refractivity contribution < 1.29 is 39.6 Å². The molecule has 0 aromatic heterocycles. The predicted molar refractivity (Wildman–Crippen MR) is 50.4 cm³/mol. The standard InChI is InChI=1S/C6H5BO8.Li.H/c8-1-2(9)4(11)6(15-7(13)14)5(12)3(1)10;;/h8-9,12-14H;;. The minimum absolute atomic E-state index is 0. The van der Waals surface area contributed by atoms with E-state index >= 15 is 0 Å². The first-order chi connectivity index (χ1) is 6.86. The predicted octanol–water partition coefficient (Wildman–Crippen LogP) is -2.43. The van der Waals surface area contributed by atoms with Crippen LogP contribution in [0.15, 0.2) is 23.0 Å². The summed E-state index contributed by atoms with van der Waals surface area (Å²) in [6.07, 6.45) is 0. The maximum absolute atomic E-state index is 11.0. The molecule has 0 bridgehead atoms. The molecule has 1 rings (SSSR count). The quantitative estimate of drug-likeness (QED) is 0.257. The van der Waals surface area contributed by atoms with Gasteiger partial charge in [-0.3, -0.25) is 9.59 Å². The molecule has 1 aliphatic carbocycles. The number of carbonyl (C=O) groups excluding carboxylic acids is 2. The molecular formula is C6H6BLiO8. The second-order valence-electron chi connectivity index (χ2n) is 2.48. The third-order valence-corrected chi connectivity index (χ3v) is 1.51. The molecule has 0 aliphatic heterocycles. The van der Waals surface area contributed by atoms with Crippen molar-refractivity contribution in [3.05, 3.63) is 23.0 Å². The number of rotatable bonds is 2. The number of ketones is 2. The van der Waals surface area contributed by atoms with Gasteiger partial charge < -0.3 is 30.0 Å². The van der Waals surface area contributed by atoms with Gasteiger partial charge >= 0.3 is 26.2 Å². The summed E-state index contributed by atoms with van der Waals surface area (Å²) in [4.78, 5) is 21.9. The van der Waals surface area contributed by atoms with Crippen LogP contribution in [0.3, 0.4) is 0 Å². The Morgan fingerprint density at radius 2 is 1.31 bits per heavy atom. The van der Waals surface area contributed by atoms with Gasteiger partial charge in [0.25, 0.3) is 11.6 Å². The summed E-state index contributed by atoms with van der Waals surface area (Å²) in [6.45, 7) is 0. The maximum atomic E-state index is 11.0. The van der Waals surface area contributed by atoms with Gasteiger partial charge in [0.15, 0.2) is 0 Å². The molecule has 10 heteroatoms. The third-order valence-electron chi connectivity index (χ3n) is 1.51. The van der Waals surface area contributed by atoms with Crippen LogP contribution in [0.25, 0.3) is 0 Å². The molecule has 0 spiro atoms. The monoisotopic (exact) mass is 224 g/mol. The average Bonchev–Trinajstić information content (AvgIpc) is 2.18. The molecular weight excluding hydrogens is 218 g/mol. The van der Waals surface area contributed by atoms with E-state index in [0.717, 1.165) is 0 Å². The number of carbonyl (C=O) groups is 2. The Hall–Kier alpha value is -1.40. The van der Waals surface area contributed by atoms with Gasteiger partial charge in [-0.25, -0.2) is 0 Å². The van der Waals surface area contributed by atoms with Crippen LogP contribution in [0.4, 0.5) is 0 Å². The number of hydrogen-bond acceptors (Lipinski definition) is 8. The van der Waals surface area contributed by atoms with Crippen LogP contribution in [0.1, 0.15) is 0 Å². The molecule has 8 nitrogen and oxygen atoms in total. The fourth-order valence-corrected chi connectivity index (χ4v) is 0.860. The molecule has 82 valence electrons. The molecule has 0 fully saturated rings. The van der Waals surface area contributed by atoms with E-state index in [4.69, 9.17) is 25.4 Å². The molecule has 0 saturated heterocycles. The van der Waals surface area contributed by atoms with Crippen molar-refractivity contribution in [2.45, 2.75) is 0 Å². The van der Waals surface area contributed by atoms with Gasteiger partial charge in [-0.05, 0) is 0 Å². The Morgan fingerprint density at radius 3 is 1.75 bits per heavy atom. The van der Waals surface area contributed by atoms with Gasteiger partial charge in [-0.2, -0.15) is 0 Å². The van der Waals surface area contributed by atoms with Crippen molar-refractivity contribution in [2.75, 3.05) is 0 Å². The third kappa shape index (κ3) is 2.40. The van der Waals surface area contributed by atoms with Gasteiger partial charge in [0.1, 0.15) is 0 Å². The van der Waals surface area contributed by atoms with E-state index in [2.05, 4.69) is 4.65 Å². The van der Waals surface area contributed by atoms with Crippen LogP contribution < -0.4 is 0 Å². The first-order valence-corrected chi connectivity index (χ1v) is 3.54. The fraction of sp³-hybridized carbons (Fsp3) is 0. The van der Waals surface area contributed by atoms with E-state index < -0.39 is 41.9 Å². The molecule has 0 amide bonds. The summed E-state index contributed by atoms with van der Waals surface area (Å²) >= 11 is 0. The van der Waals surface area contributed by atoms with Crippen LogP contribution in [0.5, 0.6) is 0 Å². The van der Waals surface area contributed by atoms with Gasteiger partial charge in [-0.15, -0.1) is 0 Å². The molecule has 0 saturated carbocycles. The number of hydrogen-bond donors (Lipinski definition) is 5. The first-order valence-electron chi connectivity index (χ1n) is 3.54. The van der Waals surface area contributed by atoms with Crippen molar-refractivity contribution in [1.82, 2.24) is 0 Å². The van der Waals surface area contributed by atoms with Crippen LogP contribution >= 0.6 is 0 Å².